The lowest BCUT2D eigenvalue weighted by molar-refractivity contribution is -0.0466. The maximum Gasteiger partial charge on any atom is 0.313 e. The number of thioether (sulfide) groups is 1. The number of hydrogen-bond donors (Lipinski definition) is 2. The molecule has 3 N–H and O–H groups in total. The number of nitrogens with one attached hydrogen (secondary N) is 1. The summed E-state index contributed by atoms with van der Waals surface area (Å²) in [5, 5.41) is 5.39. The largest absolute Gasteiger partial charge is 0.443 e. The summed E-state index contributed by atoms with van der Waals surface area (Å²) in [4.78, 5) is 24.9. The minimum atomic E-state index is -2.88. The SMILES string of the molecule is C.C[C@H]1C[C@H]2CSC(N)=N[C@@]2(c2nc(NC(=O)c3coc(C(F)F)n3)cs2)CO1. The van der Waals surface area contributed by atoms with E-state index in [1.54, 1.807) is 5.38 Å². The first-order valence-electron chi connectivity index (χ1n) is 8.48. The van der Waals surface area contributed by atoms with Gasteiger partial charge in [0.15, 0.2) is 10.9 Å². The Morgan fingerprint density at radius 3 is 2.97 bits per heavy atom. The van der Waals surface area contributed by atoms with Crippen molar-refractivity contribution < 1.29 is 22.7 Å². The predicted octanol–water partition coefficient (Wildman–Crippen LogP) is 3.64. The fourth-order valence-corrected chi connectivity index (χ4v) is 5.25. The number of alkyl halides is 2. The fourth-order valence-electron chi connectivity index (χ4n) is 3.28. The van der Waals surface area contributed by atoms with Gasteiger partial charge < -0.3 is 20.2 Å². The van der Waals surface area contributed by atoms with Crippen LogP contribution in [0.4, 0.5) is 14.6 Å². The highest BCUT2D eigenvalue weighted by Gasteiger charge is 2.49. The van der Waals surface area contributed by atoms with Gasteiger partial charge in [-0.3, -0.25) is 4.79 Å². The van der Waals surface area contributed by atoms with Crippen LogP contribution in [0.2, 0.25) is 0 Å². The molecule has 0 aliphatic carbocycles. The number of nitrogens with zero attached hydrogens (tertiary/aromatic N) is 3. The van der Waals surface area contributed by atoms with E-state index in [9.17, 15) is 13.6 Å². The molecule has 0 radical (unpaired) electrons. The van der Waals surface area contributed by atoms with Gasteiger partial charge in [0.05, 0.1) is 12.7 Å². The van der Waals surface area contributed by atoms with Crippen LogP contribution in [-0.4, -0.2) is 39.5 Å². The lowest BCUT2D eigenvalue weighted by atomic mass is 9.80. The van der Waals surface area contributed by atoms with Gasteiger partial charge in [-0.05, 0) is 13.3 Å². The Morgan fingerprint density at radius 1 is 1.45 bits per heavy atom. The molecule has 4 rings (SSSR count). The van der Waals surface area contributed by atoms with E-state index in [2.05, 4.69) is 24.7 Å². The van der Waals surface area contributed by atoms with Gasteiger partial charge in [0.25, 0.3) is 11.8 Å². The molecule has 12 heteroatoms. The lowest BCUT2D eigenvalue weighted by Gasteiger charge is -2.44. The Bertz CT molecular complexity index is 919. The van der Waals surface area contributed by atoms with Crippen LogP contribution in [0.3, 0.4) is 0 Å². The van der Waals surface area contributed by atoms with Gasteiger partial charge in [0.2, 0.25) is 0 Å². The summed E-state index contributed by atoms with van der Waals surface area (Å²) in [7, 11) is 0. The van der Waals surface area contributed by atoms with Crippen molar-refractivity contribution >= 4 is 40.0 Å². The zero-order valence-corrected chi connectivity index (χ0v) is 16.4. The topological polar surface area (TPSA) is 116 Å². The number of anilines is 1. The molecule has 3 atom stereocenters. The molecule has 0 unspecified atom stereocenters. The number of ether oxygens (including phenoxy) is 1. The maximum absolute atomic E-state index is 12.6. The Labute approximate surface area is 174 Å². The number of carbonyl (C=O) groups excluding carboxylic acids is 1. The standard InChI is InChI=1S/C16H17F2N5O3S2.CH4/c1-7-2-8-4-28-15(19)23-16(8,6-26-7)14-22-10(5-27-14)21-12(24)9-3-25-13(20-9)11(17)18;/h3,5,7-8,11H,2,4,6H2,1H3,(H2,19,23)(H,21,24);1H4/t7-,8-,16-;/m0./s1. The molecule has 158 valence electrons. The number of carbonyl (C=O) groups is 1. The highest BCUT2D eigenvalue weighted by molar-refractivity contribution is 8.13. The van der Waals surface area contributed by atoms with Gasteiger partial charge in [0, 0.05) is 17.1 Å². The van der Waals surface area contributed by atoms with Crippen molar-refractivity contribution in [1.82, 2.24) is 9.97 Å². The first kappa shape index (κ1) is 21.7. The van der Waals surface area contributed by atoms with Crippen molar-refractivity contribution in [2.24, 2.45) is 16.6 Å². The van der Waals surface area contributed by atoms with Crippen LogP contribution >= 0.6 is 23.1 Å². The third kappa shape index (κ3) is 4.14. The first-order valence-corrected chi connectivity index (χ1v) is 10.3. The zero-order chi connectivity index (χ0) is 19.9. The van der Waals surface area contributed by atoms with Crippen molar-refractivity contribution in [3.8, 4) is 0 Å². The lowest BCUT2D eigenvalue weighted by Crippen LogP contribution is -2.49. The maximum atomic E-state index is 12.6. The van der Waals surface area contributed by atoms with Gasteiger partial charge in [-0.2, -0.15) is 8.78 Å². The minimum Gasteiger partial charge on any atom is -0.443 e. The van der Waals surface area contributed by atoms with E-state index in [0.717, 1.165) is 18.4 Å². The molecule has 0 saturated carbocycles. The van der Waals surface area contributed by atoms with Gasteiger partial charge in [0.1, 0.15) is 22.6 Å². The molecule has 2 aromatic heterocycles. The van der Waals surface area contributed by atoms with Crippen LogP contribution in [0.1, 0.15) is 48.6 Å². The van der Waals surface area contributed by atoms with Crippen molar-refractivity contribution in [3.05, 3.63) is 28.2 Å². The van der Waals surface area contributed by atoms with Crippen molar-refractivity contribution in [3.63, 3.8) is 0 Å². The number of hydrogen-bond acceptors (Lipinski definition) is 9. The van der Waals surface area contributed by atoms with Crippen LogP contribution < -0.4 is 11.1 Å². The van der Waals surface area contributed by atoms with Crippen LogP contribution in [0.15, 0.2) is 21.1 Å². The van der Waals surface area contributed by atoms with Crippen molar-refractivity contribution in [2.45, 2.75) is 38.8 Å². The molecular weight excluding hydrogens is 424 g/mol. The number of halogens is 2. The molecule has 1 saturated heterocycles. The number of thiazole rings is 1. The van der Waals surface area contributed by atoms with Crippen molar-refractivity contribution in [2.75, 3.05) is 17.7 Å². The third-order valence-corrected chi connectivity index (χ3v) is 6.64. The minimum absolute atomic E-state index is 0. The highest BCUT2D eigenvalue weighted by Crippen LogP contribution is 2.47. The predicted molar refractivity (Wildman–Crippen MR) is 108 cm³/mol. The van der Waals surface area contributed by atoms with E-state index in [1.807, 2.05) is 6.92 Å². The highest BCUT2D eigenvalue weighted by atomic mass is 32.2. The molecule has 4 heterocycles. The van der Waals surface area contributed by atoms with Gasteiger partial charge in [-0.1, -0.05) is 19.2 Å². The second-order valence-corrected chi connectivity index (χ2v) is 8.50. The number of fused-ring (bicyclic) bond motifs is 1. The number of oxazole rings is 1. The molecule has 2 aliphatic heterocycles. The molecule has 0 bridgehead atoms. The quantitative estimate of drug-likeness (QED) is 0.738. The number of aromatic nitrogens is 2. The Balaban J connectivity index is 0.00000240. The monoisotopic (exact) mass is 445 g/mol. The van der Waals surface area contributed by atoms with Crippen LogP contribution in [0.5, 0.6) is 0 Å². The number of nitrogens with two attached hydrogens (primary N) is 1. The summed E-state index contributed by atoms with van der Waals surface area (Å²) in [6.07, 6.45) is -1.04. The fraction of sp³-hybridized carbons (Fsp3) is 0.529. The zero-order valence-electron chi connectivity index (χ0n) is 14.7. The van der Waals surface area contributed by atoms with Gasteiger partial charge >= 0.3 is 6.43 Å². The van der Waals surface area contributed by atoms with E-state index in [0.29, 0.717) is 16.8 Å². The third-order valence-electron chi connectivity index (χ3n) is 4.68. The summed E-state index contributed by atoms with van der Waals surface area (Å²) >= 11 is 2.86. The average molecular weight is 446 g/mol. The second-order valence-electron chi connectivity index (χ2n) is 6.60. The summed E-state index contributed by atoms with van der Waals surface area (Å²) in [6, 6.07) is 0. The molecule has 2 aliphatic rings. The summed E-state index contributed by atoms with van der Waals surface area (Å²) in [5.74, 6) is -0.168. The molecule has 0 aromatic carbocycles. The van der Waals surface area contributed by atoms with Gasteiger partial charge in [-0.25, -0.2) is 15.0 Å². The first-order chi connectivity index (χ1) is 13.4. The molecule has 1 amide bonds. The summed E-state index contributed by atoms with van der Waals surface area (Å²) in [5.41, 5.74) is 5.06. The normalized spacial score (nSPS) is 26.4. The number of aliphatic imine (C=N–C) groups is 1. The van der Waals surface area contributed by atoms with Crippen molar-refractivity contribution in [1.29, 1.82) is 0 Å². The van der Waals surface area contributed by atoms with Crippen LogP contribution in [0.25, 0.3) is 0 Å². The van der Waals surface area contributed by atoms with E-state index >= 15 is 0 Å². The Hall–Kier alpha value is -2.05. The van der Waals surface area contributed by atoms with Gasteiger partial charge in [-0.15, -0.1) is 11.3 Å². The molecule has 0 spiro atoms. The number of amides is 1. The number of amidine groups is 1. The Kier molecular flexibility index (Phi) is 6.24. The van der Waals surface area contributed by atoms with E-state index in [1.165, 1.54) is 23.1 Å². The molecule has 8 nitrogen and oxygen atoms in total. The average Bonchev–Trinajstić information content (AvgIpc) is 3.32. The van der Waals surface area contributed by atoms with E-state index < -0.39 is 23.8 Å². The molecule has 1 fully saturated rings. The number of rotatable bonds is 4. The smallest absolute Gasteiger partial charge is 0.313 e. The Morgan fingerprint density at radius 2 is 2.24 bits per heavy atom. The van der Waals surface area contributed by atoms with Crippen LogP contribution in [0, 0.1) is 5.92 Å². The van der Waals surface area contributed by atoms with E-state index in [4.69, 9.17) is 10.5 Å². The molecule has 2 aromatic rings. The molecular formula is C17H21F2N5O3S2. The summed E-state index contributed by atoms with van der Waals surface area (Å²) < 4.78 is 35.6. The molecule has 29 heavy (non-hydrogen) atoms. The second kappa shape index (κ2) is 8.36. The van der Waals surface area contributed by atoms with E-state index in [-0.39, 0.29) is 31.0 Å². The van der Waals surface area contributed by atoms with Crippen LogP contribution in [-0.2, 0) is 10.3 Å². The summed E-state index contributed by atoms with van der Waals surface area (Å²) in [6.45, 7) is 2.39.